The molecule has 0 saturated heterocycles. The van der Waals surface area contributed by atoms with Crippen LogP contribution in [0, 0.1) is 0 Å². The van der Waals surface area contributed by atoms with Gasteiger partial charge in [0.15, 0.2) is 0 Å². The van der Waals surface area contributed by atoms with Crippen LogP contribution in [0.25, 0.3) is 10.9 Å². The monoisotopic (exact) mass is 217 g/mol. The van der Waals surface area contributed by atoms with Gasteiger partial charge in [0.2, 0.25) is 0 Å². The summed E-state index contributed by atoms with van der Waals surface area (Å²) >= 11 is 0. The van der Waals surface area contributed by atoms with Crippen molar-refractivity contribution in [3.63, 3.8) is 0 Å². The zero-order valence-electron chi connectivity index (χ0n) is 9.81. The molecule has 0 aliphatic carbocycles. The van der Waals surface area contributed by atoms with Crippen molar-refractivity contribution in [2.24, 2.45) is 0 Å². The number of hydrogen-bond acceptors (Lipinski definition) is 2. The molecule has 1 heterocycles. The maximum Gasteiger partial charge on any atom is 0.489 e. The fourth-order valence-corrected chi connectivity index (χ4v) is 2.00. The van der Waals surface area contributed by atoms with E-state index < -0.39 is 7.12 Å². The second-order valence-electron chi connectivity index (χ2n) is 5.01. The summed E-state index contributed by atoms with van der Waals surface area (Å²) in [7, 11) is -1.42. The molecule has 2 aromatic rings. The molecule has 0 aliphatic heterocycles. The third kappa shape index (κ3) is 1.74. The first-order valence-corrected chi connectivity index (χ1v) is 5.38. The zero-order valence-corrected chi connectivity index (χ0v) is 9.81. The molecule has 16 heavy (non-hydrogen) atoms. The molecule has 0 saturated carbocycles. The van der Waals surface area contributed by atoms with Gasteiger partial charge in [0.1, 0.15) is 0 Å². The molecule has 0 radical (unpaired) electrons. The van der Waals surface area contributed by atoms with Gasteiger partial charge in [-0.15, -0.1) is 0 Å². The lowest BCUT2D eigenvalue weighted by Gasteiger charge is -2.22. The van der Waals surface area contributed by atoms with Gasteiger partial charge in [-0.3, -0.25) is 0 Å². The van der Waals surface area contributed by atoms with Crippen LogP contribution >= 0.6 is 0 Å². The highest BCUT2D eigenvalue weighted by Gasteiger charge is 2.19. The average molecular weight is 217 g/mol. The second-order valence-corrected chi connectivity index (χ2v) is 5.01. The molecule has 4 heteroatoms. The minimum Gasteiger partial charge on any atom is -0.423 e. The summed E-state index contributed by atoms with van der Waals surface area (Å²) in [6, 6.07) is 7.50. The van der Waals surface area contributed by atoms with Crippen LogP contribution < -0.4 is 5.46 Å². The Labute approximate surface area is 95.5 Å². The van der Waals surface area contributed by atoms with Crippen molar-refractivity contribution >= 4 is 23.5 Å². The number of nitrogens with zero attached hydrogens (tertiary/aromatic N) is 1. The van der Waals surface area contributed by atoms with Crippen LogP contribution in [0.1, 0.15) is 20.8 Å². The van der Waals surface area contributed by atoms with Crippen LogP contribution in [0.15, 0.2) is 30.5 Å². The molecule has 0 spiro atoms. The third-order valence-electron chi connectivity index (χ3n) is 2.77. The Bertz CT molecular complexity index is 511. The van der Waals surface area contributed by atoms with E-state index in [1.165, 1.54) is 0 Å². The number of hydrogen-bond donors (Lipinski definition) is 2. The molecule has 1 aromatic carbocycles. The maximum atomic E-state index is 9.28. The van der Waals surface area contributed by atoms with Gasteiger partial charge in [-0.1, -0.05) is 12.1 Å². The summed E-state index contributed by atoms with van der Waals surface area (Å²) in [4.78, 5) is 0. The molecule has 84 valence electrons. The highest BCUT2D eigenvalue weighted by molar-refractivity contribution is 6.61. The fourth-order valence-electron chi connectivity index (χ4n) is 2.00. The van der Waals surface area contributed by atoms with E-state index in [9.17, 15) is 10.0 Å². The van der Waals surface area contributed by atoms with Crippen LogP contribution in [0.2, 0.25) is 0 Å². The summed E-state index contributed by atoms with van der Waals surface area (Å²) in [5, 5.41) is 19.5. The Balaban J connectivity index is 2.71. The second kappa shape index (κ2) is 3.65. The molecule has 0 unspecified atom stereocenters. The first-order valence-electron chi connectivity index (χ1n) is 5.38. The summed E-state index contributed by atoms with van der Waals surface area (Å²) in [6.45, 7) is 6.36. The number of aromatic nitrogens is 1. The van der Waals surface area contributed by atoms with Crippen molar-refractivity contribution in [1.29, 1.82) is 0 Å². The van der Waals surface area contributed by atoms with E-state index in [0.717, 1.165) is 10.9 Å². The van der Waals surface area contributed by atoms with E-state index in [2.05, 4.69) is 25.3 Å². The fraction of sp³-hybridized carbons (Fsp3) is 0.333. The lowest BCUT2D eigenvalue weighted by atomic mass is 9.78. The van der Waals surface area contributed by atoms with Crippen molar-refractivity contribution in [2.75, 3.05) is 0 Å². The van der Waals surface area contributed by atoms with E-state index in [-0.39, 0.29) is 5.54 Å². The van der Waals surface area contributed by atoms with Crippen molar-refractivity contribution in [3.8, 4) is 0 Å². The highest BCUT2D eigenvalue weighted by Crippen LogP contribution is 2.22. The van der Waals surface area contributed by atoms with Gasteiger partial charge in [-0.05, 0) is 43.8 Å². The predicted molar refractivity (Wildman–Crippen MR) is 66.8 cm³/mol. The maximum absolute atomic E-state index is 9.28. The molecule has 3 nitrogen and oxygen atoms in total. The van der Waals surface area contributed by atoms with Crippen LogP contribution in [-0.4, -0.2) is 21.7 Å². The molecule has 0 fully saturated rings. The first kappa shape index (κ1) is 11.2. The van der Waals surface area contributed by atoms with Gasteiger partial charge in [-0.25, -0.2) is 0 Å². The molecule has 0 bridgehead atoms. The van der Waals surface area contributed by atoms with Gasteiger partial charge in [0.05, 0.1) is 0 Å². The van der Waals surface area contributed by atoms with Gasteiger partial charge < -0.3 is 14.6 Å². The average Bonchev–Trinajstić information content (AvgIpc) is 2.59. The summed E-state index contributed by atoms with van der Waals surface area (Å²) in [5.74, 6) is 0. The largest absolute Gasteiger partial charge is 0.489 e. The Morgan fingerprint density at radius 3 is 2.38 bits per heavy atom. The van der Waals surface area contributed by atoms with Crippen molar-refractivity contribution in [3.05, 3.63) is 30.5 Å². The zero-order chi connectivity index (χ0) is 11.9. The quantitative estimate of drug-likeness (QED) is 0.702. The molecule has 1 aromatic heterocycles. The molecular formula is C12H16BNO2. The highest BCUT2D eigenvalue weighted by atomic mass is 16.4. The van der Waals surface area contributed by atoms with Crippen LogP contribution in [-0.2, 0) is 5.54 Å². The van der Waals surface area contributed by atoms with Crippen molar-refractivity contribution in [2.45, 2.75) is 26.3 Å². The normalized spacial score (nSPS) is 12.1. The Hall–Kier alpha value is -1.26. The van der Waals surface area contributed by atoms with E-state index in [4.69, 9.17) is 0 Å². The van der Waals surface area contributed by atoms with Crippen molar-refractivity contribution in [1.82, 2.24) is 4.57 Å². The Morgan fingerprint density at radius 1 is 1.12 bits per heavy atom. The standard InChI is InChI=1S/C12H16BNO2/c1-12(2,3)14-8-7-9-10(13(15)16)5-4-6-11(9)14/h4-8,15-16H,1-3H3. The van der Waals surface area contributed by atoms with Crippen LogP contribution in [0.4, 0.5) is 0 Å². The van der Waals surface area contributed by atoms with E-state index in [1.807, 2.05) is 24.4 Å². The molecule has 2 N–H and O–H groups in total. The number of benzene rings is 1. The molecule has 0 amide bonds. The van der Waals surface area contributed by atoms with Gasteiger partial charge in [0.25, 0.3) is 0 Å². The minimum atomic E-state index is -1.42. The van der Waals surface area contributed by atoms with Gasteiger partial charge >= 0.3 is 7.12 Å². The first-order chi connectivity index (χ1) is 7.41. The van der Waals surface area contributed by atoms with E-state index in [1.54, 1.807) is 6.07 Å². The van der Waals surface area contributed by atoms with Crippen LogP contribution in [0.5, 0.6) is 0 Å². The summed E-state index contributed by atoms with van der Waals surface area (Å²) in [6.07, 6.45) is 1.98. The van der Waals surface area contributed by atoms with Crippen molar-refractivity contribution < 1.29 is 10.0 Å². The molecule has 0 aliphatic rings. The number of fused-ring (bicyclic) bond motifs is 1. The molecular weight excluding hydrogens is 201 g/mol. The minimum absolute atomic E-state index is 0.0131. The van der Waals surface area contributed by atoms with Crippen LogP contribution in [0.3, 0.4) is 0 Å². The van der Waals surface area contributed by atoms with E-state index >= 15 is 0 Å². The lowest BCUT2D eigenvalue weighted by molar-refractivity contribution is 0.410. The Kier molecular flexibility index (Phi) is 2.56. The Morgan fingerprint density at radius 2 is 1.81 bits per heavy atom. The lowest BCUT2D eigenvalue weighted by Crippen LogP contribution is -2.30. The molecule has 0 atom stereocenters. The topological polar surface area (TPSA) is 45.4 Å². The summed E-state index contributed by atoms with van der Waals surface area (Å²) in [5.41, 5.74) is 1.57. The molecule has 2 rings (SSSR count). The predicted octanol–water partition coefficient (Wildman–Crippen LogP) is 1.08. The third-order valence-corrected chi connectivity index (χ3v) is 2.77. The smallest absolute Gasteiger partial charge is 0.423 e. The van der Waals surface area contributed by atoms with E-state index in [0.29, 0.717) is 5.46 Å². The SMILES string of the molecule is CC(C)(C)n1ccc2c(B(O)O)cccc21. The van der Waals surface area contributed by atoms with Gasteiger partial charge in [0, 0.05) is 17.3 Å². The summed E-state index contributed by atoms with van der Waals surface area (Å²) < 4.78 is 2.13. The van der Waals surface area contributed by atoms with Gasteiger partial charge in [-0.2, -0.15) is 0 Å². The number of rotatable bonds is 1.